The van der Waals surface area contributed by atoms with Gasteiger partial charge < -0.3 is 5.32 Å². The highest BCUT2D eigenvalue weighted by molar-refractivity contribution is 9.10. The van der Waals surface area contributed by atoms with Crippen LogP contribution in [0.25, 0.3) is 0 Å². The Morgan fingerprint density at radius 3 is 2.53 bits per heavy atom. The van der Waals surface area contributed by atoms with Crippen molar-refractivity contribution in [3.05, 3.63) is 44.7 Å². The van der Waals surface area contributed by atoms with Crippen molar-refractivity contribution in [1.29, 1.82) is 0 Å². The highest BCUT2D eigenvalue weighted by Crippen LogP contribution is 2.28. The van der Waals surface area contributed by atoms with E-state index in [0.29, 0.717) is 15.9 Å². The molecule has 1 heterocycles. The van der Waals surface area contributed by atoms with Gasteiger partial charge in [-0.15, -0.1) is 0 Å². The van der Waals surface area contributed by atoms with Gasteiger partial charge in [-0.25, -0.2) is 9.97 Å². The molecular weight excluding hydrogens is 349 g/mol. The van der Waals surface area contributed by atoms with Crippen molar-refractivity contribution in [1.82, 2.24) is 9.97 Å². The topological polar surface area (TPSA) is 37.8 Å². The zero-order valence-corrected chi connectivity index (χ0v) is 13.5. The molecule has 0 amide bonds. The monoisotopic (exact) mass is 359 g/mol. The van der Waals surface area contributed by atoms with Crippen LogP contribution in [0.5, 0.6) is 0 Å². The van der Waals surface area contributed by atoms with Crippen molar-refractivity contribution in [2.75, 3.05) is 5.32 Å². The van der Waals surface area contributed by atoms with E-state index in [1.165, 1.54) is 0 Å². The van der Waals surface area contributed by atoms with E-state index in [4.69, 9.17) is 23.2 Å². The van der Waals surface area contributed by atoms with E-state index < -0.39 is 0 Å². The maximum atomic E-state index is 6.12. The summed E-state index contributed by atoms with van der Waals surface area (Å²) in [6.45, 7) is 4.08. The molecule has 0 aliphatic carbocycles. The van der Waals surface area contributed by atoms with Gasteiger partial charge in [-0.3, -0.25) is 0 Å². The van der Waals surface area contributed by atoms with Crippen molar-refractivity contribution in [3.63, 3.8) is 0 Å². The quantitative estimate of drug-likeness (QED) is 0.743. The Morgan fingerprint density at radius 1 is 1.16 bits per heavy atom. The van der Waals surface area contributed by atoms with E-state index in [-0.39, 0.29) is 5.92 Å². The van der Waals surface area contributed by atoms with Crippen molar-refractivity contribution in [2.45, 2.75) is 19.8 Å². The normalized spacial score (nSPS) is 10.8. The number of hydrogen-bond donors (Lipinski definition) is 1. The van der Waals surface area contributed by atoms with Gasteiger partial charge >= 0.3 is 0 Å². The molecule has 0 atom stereocenters. The minimum atomic E-state index is 0.249. The lowest BCUT2D eigenvalue weighted by Crippen LogP contribution is -2.02. The Balaban J connectivity index is 2.32. The number of hydrogen-bond acceptors (Lipinski definition) is 3. The molecule has 0 fully saturated rings. The molecule has 0 aliphatic rings. The fourth-order valence-electron chi connectivity index (χ4n) is 1.49. The van der Waals surface area contributed by atoms with Gasteiger partial charge in [0.15, 0.2) is 0 Å². The van der Waals surface area contributed by atoms with Crippen LogP contribution in [0, 0.1) is 0 Å². The van der Waals surface area contributed by atoms with E-state index in [1.54, 1.807) is 18.2 Å². The van der Waals surface area contributed by atoms with Crippen LogP contribution in [-0.4, -0.2) is 9.97 Å². The van der Waals surface area contributed by atoms with Crippen LogP contribution in [-0.2, 0) is 0 Å². The molecule has 0 bridgehead atoms. The summed E-state index contributed by atoms with van der Waals surface area (Å²) < 4.78 is 0.735. The summed E-state index contributed by atoms with van der Waals surface area (Å²) in [4.78, 5) is 8.77. The Labute approximate surface area is 130 Å². The molecule has 1 aromatic heterocycles. The third-order valence-corrected chi connectivity index (χ3v) is 3.38. The number of aromatic nitrogens is 2. The summed E-state index contributed by atoms with van der Waals surface area (Å²) >= 11 is 15.4. The summed E-state index contributed by atoms with van der Waals surface area (Å²) in [6, 6.07) is 7.08. The number of halogens is 3. The maximum absolute atomic E-state index is 6.12. The van der Waals surface area contributed by atoms with Gasteiger partial charge in [-0.2, -0.15) is 0 Å². The van der Waals surface area contributed by atoms with Gasteiger partial charge in [0.25, 0.3) is 0 Å². The Kier molecular flexibility index (Phi) is 4.66. The number of nitrogens with one attached hydrogen (secondary N) is 1. The van der Waals surface area contributed by atoms with E-state index in [1.807, 2.05) is 19.9 Å². The number of benzene rings is 1. The first-order valence-corrected chi connectivity index (χ1v) is 7.27. The first-order valence-electron chi connectivity index (χ1n) is 5.72. The minimum absolute atomic E-state index is 0.249. The molecule has 100 valence electrons. The van der Waals surface area contributed by atoms with Crippen LogP contribution >= 0.6 is 39.1 Å². The highest BCUT2D eigenvalue weighted by Gasteiger charge is 2.08. The van der Waals surface area contributed by atoms with Gasteiger partial charge in [-0.05, 0) is 34.1 Å². The molecule has 0 aliphatic heterocycles. The molecular formula is C13H12BrCl2N3. The summed E-state index contributed by atoms with van der Waals surface area (Å²) in [5.74, 6) is 1.70. The first-order chi connectivity index (χ1) is 8.95. The molecule has 2 rings (SSSR count). The van der Waals surface area contributed by atoms with Gasteiger partial charge in [-0.1, -0.05) is 37.0 Å². The summed E-state index contributed by atoms with van der Waals surface area (Å²) in [5.41, 5.74) is 0.756. The zero-order chi connectivity index (χ0) is 14.0. The lowest BCUT2D eigenvalue weighted by molar-refractivity contribution is 0.771. The van der Waals surface area contributed by atoms with Crippen molar-refractivity contribution < 1.29 is 0 Å². The predicted octanol–water partition coefficient (Wildman–Crippen LogP) is 5.41. The maximum Gasteiger partial charge on any atom is 0.135 e. The van der Waals surface area contributed by atoms with Gasteiger partial charge in [0.1, 0.15) is 16.2 Å². The summed E-state index contributed by atoms with van der Waals surface area (Å²) in [7, 11) is 0. The van der Waals surface area contributed by atoms with Gasteiger partial charge in [0.05, 0.1) is 10.7 Å². The summed E-state index contributed by atoms with van der Waals surface area (Å²) in [6.07, 6.45) is 0. The lowest BCUT2D eigenvalue weighted by Gasteiger charge is -2.11. The van der Waals surface area contributed by atoms with E-state index >= 15 is 0 Å². The third-order valence-electron chi connectivity index (χ3n) is 2.42. The largest absolute Gasteiger partial charge is 0.339 e. The molecule has 0 radical (unpaired) electrons. The van der Waals surface area contributed by atoms with Gasteiger partial charge in [0, 0.05) is 17.0 Å². The molecule has 6 heteroatoms. The van der Waals surface area contributed by atoms with Crippen LogP contribution in [0.15, 0.2) is 28.9 Å². The van der Waals surface area contributed by atoms with Crippen LogP contribution in [0.2, 0.25) is 10.0 Å². The Morgan fingerprint density at radius 2 is 1.89 bits per heavy atom. The van der Waals surface area contributed by atoms with E-state index in [9.17, 15) is 0 Å². The molecule has 2 aromatic rings. The van der Waals surface area contributed by atoms with Crippen LogP contribution < -0.4 is 5.32 Å². The minimum Gasteiger partial charge on any atom is -0.339 e. The molecule has 0 spiro atoms. The third kappa shape index (κ3) is 3.81. The molecule has 0 saturated carbocycles. The number of rotatable bonds is 3. The Bertz CT molecular complexity index is 602. The predicted molar refractivity (Wildman–Crippen MR) is 83.6 cm³/mol. The average Bonchev–Trinajstić information content (AvgIpc) is 2.32. The number of anilines is 2. The Hall–Kier alpha value is -0.840. The van der Waals surface area contributed by atoms with Gasteiger partial charge in [0.2, 0.25) is 0 Å². The second-order valence-electron chi connectivity index (χ2n) is 4.34. The standard InChI is InChI=1S/C13H12BrCl2N3/c1-7(2)13-18-11(14)6-12(19-13)17-10-4-3-8(15)5-9(10)16/h3-7H,1-2H3,(H,17,18,19). The summed E-state index contributed by atoms with van der Waals surface area (Å²) in [5, 5.41) is 4.31. The second kappa shape index (κ2) is 6.07. The average molecular weight is 361 g/mol. The van der Waals surface area contributed by atoms with Crippen molar-refractivity contribution in [3.8, 4) is 0 Å². The molecule has 0 unspecified atom stereocenters. The lowest BCUT2D eigenvalue weighted by atomic mass is 10.2. The second-order valence-corrected chi connectivity index (χ2v) is 5.99. The highest BCUT2D eigenvalue weighted by atomic mass is 79.9. The molecule has 3 nitrogen and oxygen atoms in total. The van der Waals surface area contributed by atoms with Crippen LogP contribution in [0.4, 0.5) is 11.5 Å². The molecule has 1 N–H and O–H groups in total. The van der Waals surface area contributed by atoms with Crippen LogP contribution in [0.1, 0.15) is 25.6 Å². The van der Waals surface area contributed by atoms with Crippen LogP contribution in [0.3, 0.4) is 0 Å². The fraction of sp³-hybridized carbons (Fsp3) is 0.231. The van der Waals surface area contributed by atoms with Crippen molar-refractivity contribution in [2.24, 2.45) is 0 Å². The SMILES string of the molecule is CC(C)c1nc(Br)cc(Nc2ccc(Cl)cc2Cl)n1. The van der Waals surface area contributed by atoms with E-state index in [2.05, 4.69) is 31.2 Å². The smallest absolute Gasteiger partial charge is 0.135 e. The fourth-order valence-corrected chi connectivity index (χ4v) is 2.34. The van der Waals surface area contributed by atoms with E-state index in [0.717, 1.165) is 16.1 Å². The molecule has 1 aromatic carbocycles. The molecule has 0 saturated heterocycles. The zero-order valence-electron chi connectivity index (χ0n) is 10.4. The first kappa shape index (κ1) is 14.6. The van der Waals surface area contributed by atoms with Crippen molar-refractivity contribution >= 4 is 50.6 Å². The number of nitrogens with zero attached hydrogens (tertiary/aromatic N) is 2. The molecule has 19 heavy (non-hydrogen) atoms.